The van der Waals surface area contributed by atoms with E-state index in [0.717, 1.165) is 0 Å². The lowest BCUT2D eigenvalue weighted by atomic mass is 10.2. The largest absolute Gasteiger partial charge is 0.490 e. The number of ether oxygens (including phenoxy) is 2. The van der Waals surface area contributed by atoms with Crippen molar-refractivity contribution in [2.75, 3.05) is 11.9 Å². The van der Waals surface area contributed by atoms with Crippen molar-refractivity contribution >= 4 is 29.3 Å². The Labute approximate surface area is 172 Å². The molecular formula is C22H18ClFN2O3. The lowest BCUT2D eigenvalue weighted by molar-refractivity contribution is -0.111. The molecule has 0 bridgehead atoms. The average Bonchev–Trinajstić information content (AvgIpc) is 2.72. The van der Waals surface area contributed by atoms with E-state index in [0.29, 0.717) is 34.4 Å². The summed E-state index contributed by atoms with van der Waals surface area (Å²) in [7, 11) is 0. The predicted octanol–water partition coefficient (Wildman–Crippen LogP) is 5.72. The predicted molar refractivity (Wildman–Crippen MR) is 111 cm³/mol. The van der Waals surface area contributed by atoms with E-state index >= 15 is 0 Å². The van der Waals surface area contributed by atoms with Crippen LogP contribution in [0.25, 0.3) is 6.08 Å². The van der Waals surface area contributed by atoms with Crippen molar-refractivity contribution in [2.45, 2.75) is 6.92 Å². The first-order chi connectivity index (χ1) is 14.1. The molecule has 148 valence electrons. The van der Waals surface area contributed by atoms with Gasteiger partial charge in [-0.1, -0.05) is 23.7 Å². The van der Waals surface area contributed by atoms with Gasteiger partial charge in [0.25, 0.3) is 0 Å². The summed E-state index contributed by atoms with van der Waals surface area (Å²) in [4.78, 5) is 16.1. The number of para-hydroxylation sites is 1. The van der Waals surface area contributed by atoms with Gasteiger partial charge < -0.3 is 14.8 Å². The van der Waals surface area contributed by atoms with Crippen molar-refractivity contribution in [3.8, 4) is 17.2 Å². The summed E-state index contributed by atoms with van der Waals surface area (Å²) in [6, 6.07) is 12.9. The minimum absolute atomic E-state index is 0.0693. The van der Waals surface area contributed by atoms with Crippen molar-refractivity contribution in [3.05, 3.63) is 83.4 Å². The van der Waals surface area contributed by atoms with Gasteiger partial charge in [-0.05, 0) is 55.0 Å². The number of amides is 1. The third kappa shape index (κ3) is 5.56. The van der Waals surface area contributed by atoms with Gasteiger partial charge in [0.05, 0.1) is 23.5 Å². The molecule has 0 aliphatic rings. The number of hydrogen-bond donors (Lipinski definition) is 1. The zero-order valence-electron chi connectivity index (χ0n) is 15.6. The molecule has 0 saturated heterocycles. The number of carbonyl (C=O) groups excluding carboxylic acids is 1. The molecule has 0 spiro atoms. The molecule has 0 radical (unpaired) electrons. The number of rotatable bonds is 7. The molecule has 3 aromatic rings. The van der Waals surface area contributed by atoms with Gasteiger partial charge in [-0.15, -0.1) is 0 Å². The van der Waals surface area contributed by atoms with Gasteiger partial charge in [-0.25, -0.2) is 4.39 Å². The fourth-order valence-electron chi connectivity index (χ4n) is 2.48. The number of benzene rings is 2. The highest BCUT2D eigenvalue weighted by Crippen LogP contribution is 2.33. The molecule has 5 nitrogen and oxygen atoms in total. The molecule has 0 saturated carbocycles. The van der Waals surface area contributed by atoms with E-state index in [4.69, 9.17) is 21.1 Å². The Morgan fingerprint density at radius 2 is 2.10 bits per heavy atom. The maximum absolute atomic E-state index is 14.3. The summed E-state index contributed by atoms with van der Waals surface area (Å²) < 4.78 is 25.2. The molecule has 1 heterocycles. The zero-order valence-corrected chi connectivity index (χ0v) is 16.3. The maximum atomic E-state index is 14.3. The van der Waals surface area contributed by atoms with Crippen LogP contribution in [0, 0.1) is 5.82 Å². The number of carbonyl (C=O) groups is 1. The Balaban J connectivity index is 1.68. The van der Waals surface area contributed by atoms with Crippen LogP contribution in [-0.4, -0.2) is 17.5 Å². The average molecular weight is 413 g/mol. The first-order valence-electron chi connectivity index (χ1n) is 8.84. The lowest BCUT2D eigenvalue weighted by Crippen LogP contribution is -2.09. The summed E-state index contributed by atoms with van der Waals surface area (Å²) in [6.45, 7) is 2.24. The Hall–Kier alpha value is -3.38. The molecule has 0 aliphatic carbocycles. The molecule has 0 fully saturated rings. The van der Waals surface area contributed by atoms with Crippen LogP contribution < -0.4 is 14.8 Å². The smallest absolute Gasteiger partial charge is 0.248 e. The molecule has 0 aliphatic heterocycles. The zero-order chi connectivity index (χ0) is 20.6. The second kappa shape index (κ2) is 9.71. The van der Waals surface area contributed by atoms with E-state index in [9.17, 15) is 9.18 Å². The fourth-order valence-corrected chi connectivity index (χ4v) is 2.71. The number of nitrogens with zero attached hydrogens (tertiary/aromatic N) is 1. The monoisotopic (exact) mass is 412 g/mol. The van der Waals surface area contributed by atoms with Crippen LogP contribution in [0.2, 0.25) is 5.02 Å². The van der Waals surface area contributed by atoms with Gasteiger partial charge >= 0.3 is 0 Å². The van der Waals surface area contributed by atoms with E-state index in [1.54, 1.807) is 42.6 Å². The van der Waals surface area contributed by atoms with Crippen molar-refractivity contribution in [2.24, 2.45) is 0 Å². The number of hydrogen-bond acceptors (Lipinski definition) is 4. The fraction of sp³-hybridized carbons (Fsp3) is 0.0909. The van der Waals surface area contributed by atoms with Crippen LogP contribution in [0.15, 0.2) is 67.0 Å². The van der Waals surface area contributed by atoms with Crippen LogP contribution in [0.1, 0.15) is 12.5 Å². The normalized spacial score (nSPS) is 10.7. The summed E-state index contributed by atoms with van der Waals surface area (Å²) in [5.74, 6) is -0.0452. The van der Waals surface area contributed by atoms with Gasteiger partial charge in [0, 0.05) is 12.3 Å². The highest BCUT2D eigenvalue weighted by Gasteiger charge is 2.10. The Morgan fingerprint density at radius 3 is 2.83 bits per heavy atom. The second-order valence-corrected chi connectivity index (χ2v) is 6.26. The molecule has 1 N–H and O–H groups in total. The molecular weight excluding hydrogens is 395 g/mol. The van der Waals surface area contributed by atoms with Gasteiger partial charge in [-0.2, -0.15) is 0 Å². The maximum Gasteiger partial charge on any atom is 0.248 e. The SMILES string of the molecule is CCOc1c(Cl)cccc1NC(=O)/C=C/c1ccc(Oc2cccnc2)c(F)c1. The summed E-state index contributed by atoms with van der Waals surface area (Å²) >= 11 is 6.10. The molecule has 3 rings (SSSR count). The third-order valence-electron chi connectivity index (χ3n) is 3.76. The molecule has 0 atom stereocenters. The molecule has 2 aromatic carbocycles. The van der Waals surface area contributed by atoms with Crippen molar-refractivity contribution in [1.82, 2.24) is 4.98 Å². The van der Waals surface area contributed by atoms with Gasteiger partial charge in [0.1, 0.15) is 5.75 Å². The summed E-state index contributed by atoms with van der Waals surface area (Å²) in [5.41, 5.74) is 0.965. The first-order valence-corrected chi connectivity index (χ1v) is 9.22. The summed E-state index contributed by atoms with van der Waals surface area (Å²) in [5, 5.41) is 3.11. The van der Waals surface area contributed by atoms with Crippen molar-refractivity contribution < 1.29 is 18.7 Å². The van der Waals surface area contributed by atoms with Crippen molar-refractivity contribution in [1.29, 1.82) is 0 Å². The van der Waals surface area contributed by atoms with Crippen molar-refractivity contribution in [3.63, 3.8) is 0 Å². The van der Waals surface area contributed by atoms with E-state index in [2.05, 4.69) is 10.3 Å². The number of pyridine rings is 1. The number of halogens is 2. The highest BCUT2D eigenvalue weighted by molar-refractivity contribution is 6.32. The quantitative estimate of drug-likeness (QED) is 0.504. The summed E-state index contributed by atoms with van der Waals surface area (Å²) in [6.07, 6.45) is 5.89. The van der Waals surface area contributed by atoms with E-state index in [1.165, 1.54) is 30.5 Å². The van der Waals surface area contributed by atoms with Crippen LogP contribution in [0.5, 0.6) is 17.2 Å². The highest BCUT2D eigenvalue weighted by atomic mass is 35.5. The Morgan fingerprint density at radius 1 is 1.24 bits per heavy atom. The van der Waals surface area contributed by atoms with E-state index in [1.807, 2.05) is 6.92 Å². The number of aromatic nitrogens is 1. The number of nitrogens with one attached hydrogen (secondary N) is 1. The molecule has 29 heavy (non-hydrogen) atoms. The standard InChI is InChI=1S/C22H18ClFN2O3/c1-2-28-22-17(23)6-3-7-19(22)26-21(27)11-9-15-8-10-20(18(24)13-15)29-16-5-4-12-25-14-16/h3-14H,2H2,1H3,(H,26,27)/b11-9+. The first kappa shape index (κ1) is 20.4. The topological polar surface area (TPSA) is 60.5 Å². The molecule has 0 unspecified atom stereocenters. The minimum Gasteiger partial charge on any atom is -0.490 e. The Bertz CT molecular complexity index is 1030. The van der Waals surface area contributed by atoms with E-state index < -0.39 is 11.7 Å². The third-order valence-corrected chi connectivity index (χ3v) is 4.06. The van der Waals surface area contributed by atoms with Crippen LogP contribution in [-0.2, 0) is 4.79 Å². The molecule has 1 amide bonds. The van der Waals surface area contributed by atoms with E-state index in [-0.39, 0.29) is 5.75 Å². The van der Waals surface area contributed by atoms with Crippen LogP contribution >= 0.6 is 11.6 Å². The second-order valence-electron chi connectivity index (χ2n) is 5.85. The Kier molecular flexibility index (Phi) is 6.81. The van der Waals surface area contributed by atoms with Gasteiger partial charge in [-0.3, -0.25) is 9.78 Å². The number of anilines is 1. The van der Waals surface area contributed by atoms with Gasteiger partial charge in [0.15, 0.2) is 17.3 Å². The lowest BCUT2D eigenvalue weighted by Gasteiger charge is -2.11. The molecule has 7 heteroatoms. The minimum atomic E-state index is -0.551. The van der Waals surface area contributed by atoms with Gasteiger partial charge in [0.2, 0.25) is 5.91 Å². The van der Waals surface area contributed by atoms with Crippen LogP contribution in [0.3, 0.4) is 0 Å². The van der Waals surface area contributed by atoms with Crippen LogP contribution in [0.4, 0.5) is 10.1 Å². The molecule has 1 aromatic heterocycles.